The van der Waals surface area contributed by atoms with E-state index in [1.54, 1.807) is 41.2 Å². The van der Waals surface area contributed by atoms with Crippen molar-refractivity contribution >= 4 is 23.5 Å². The van der Waals surface area contributed by atoms with Crippen LogP contribution in [0.3, 0.4) is 0 Å². The number of amides is 2. The lowest BCUT2D eigenvalue weighted by molar-refractivity contribution is -0.148. The largest absolute Gasteiger partial charge is 0.497 e. The van der Waals surface area contributed by atoms with Gasteiger partial charge in [0.15, 0.2) is 0 Å². The lowest BCUT2D eigenvalue weighted by atomic mass is 9.93. The Morgan fingerprint density at radius 1 is 0.857 bits per heavy atom. The molecule has 1 N–H and O–H groups in total. The molecule has 1 aliphatic rings. The molecule has 9 heteroatoms. The Kier molecular flexibility index (Phi) is 13.0. The highest BCUT2D eigenvalue weighted by atomic mass is 16.5. The van der Waals surface area contributed by atoms with E-state index in [9.17, 15) is 14.7 Å². The van der Waals surface area contributed by atoms with Crippen LogP contribution in [0.4, 0.5) is 5.69 Å². The van der Waals surface area contributed by atoms with Gasteiger partial charge in [-0.3, -0.25) is 14.4 Å². The van der Waals surface area contributed by atoms with Gasteiger partial charge in [-0.25, -0.2) is 0 Å². The number of carbonyl (C=O) groups is 3. The average molecular weight is 753 g/mol. The number of hydrogen-bond acceptors (Lipinski definition) is 7. The summed E-state index contributed by atoms with van der Waals surface area (Å²) in [4.78, 5) is 46.1. The van der Waals surface area contributed by atoms with Crippen LogP contribution in [0.25, 0.3) is 11.1 Å². The fourth-order valence-electron chi connectivity index (χ4n) is 7.27. The number of fused-ring (bicyclic) bond motifs is 1. The first kappa shape index (κ1) is 39.5. The second kappa shape index (κ2) is 18.4. The number of ether oxygens (including phenoxy) is 3. The first-order chi connectivity index (χ1) is 27.2. The normalized spacial score (nSPS) is 15.0. The second-order valence-electron chi connectivity index (χ2n) is 13.9. The van der Waals surface area contributed by atoms with Gasteiger partial charge in [0.05, 0.1) is 32.2 Å². The number of benzene rings is 5. The zero-order valence-electron chi connectivity index (χ0n) is 32.1. The van der Waals surface area contributed by atoms with Gasteiger partial charge in [0.2, 0.25) is 5.91 Å². The Morgan fingerprint density at radius 2 is 1.52 bits per heavy atom. The van der Waals surface area contributed by atoms with E-state index >= 15 is 4.79 Å². The number of hydrogen-bond donors (Lipinski definition) is 1. The van der Waals surface area contributed by atoms with Crippen molar-refractivity contribution in [2.75, 3.05) is 25.2 Å². The monoisotopic (exact) mass is 752 g/mol. The molecule has 5 aromatic carbocycles. The summed E-state index contributed by atoms with van der Waals surface area (Å²) in [7, 11) is 1.59. The number of aliphatic hydroxyl groups excluding tert-OH is 1. The first-order valence-electron chi connectivity index (χ1n) is 18.8. The molecule has 288 valence electrons. The molecule has 1 heterocycles. The minimum atomic E-state index is -0.866. The molecule has 0 radical (unpaired) electrons. The number of nitrogens with zero attached hydrogens (tertiary/aromatic N) is 2. The summed E-state index contributed by atoms with van der Waals surface area (Å²) in [5, 5.41) is 9.46. The molecular weight excluding hydrogens is 705 g/mol. The number of methoxy groups -OCH3 is 1. The minimum Gasteiger partial charge on any atom is -0.497 e. The molecule has 1 aliphatic heterocycles. The second-order valence-corrected chi connectivity index (χ2v) is 13.9. The fraction of sp³-hybridized carbons (Fsp3) is 0.255. The summed E-state index contributed by atoms with van der Waals surface area (Å²) in [5.74, 6) is 0.175. The molecular formula is C47H48N2O7. The van der Waals surface area contributed by atoms with E-state index in [-0.39, 0.29) is 44.4 Å². The van der Waals surface area contributed by atoms with Gasteiger partial charge in [-0.1, -0.05) is 90.5 Å². The van der Waals surface area contributed by atoms with E-state index in [0.29, 0.717) is 34.7 Å². The molecule has 56 heavy (non-hydrogen) atoms. The van der Waals surface area contributed by atoms with E-state index in [1.165, 1.54) is 6.92 Å². The molecule has 1 unspecified atom stereocenters. The molecule has 3 atom stereocenters. The maximum absolute atomic E-state index is 15.0. The van der Waals surface area contributed by atoms with Gasteiger partial charge in [0, 0.05) is 49.7 Å². The quantitative estimate of drug-likeness (QED) is 0.0615. The van der Waals surface area contributed by atoms with Crippen molar-refractivity contribution in [2.24, 2.45) is 0 Å². The van der Waals surface area contributed by atoms with Crippen molar-refractivity contribution in [2.45, 2.75) is 57.8 Å². The molecule has 9 nitrogen and oxygen atoms in total. The number of esters is 1. The predicted molar refractivity (Wildman–Crippen MR) is 218 cm³/mol. The summed E-state index contributed by atoms with van der Waals surface area (Å²) >= 11 is 0. The van der Waals surface area contributed by atoms with Gasteiger partial charge in [0.25, 0.3) is 5.91 Å². The van der Waals surface area contributed by atoms with E-state index < -0.39 is 24.2 Å². The van der Waals surface area contributed by atoms with Crippen molar-refractivity contribution in [3.05, 3.63) is 162 Å². The Morgan fingerprint density at radius 3 is 2.16 bits per heavy atom. The average Bonchev–Trinajstić information content (AvgIpc) is 3.55. The van der Waals surface area contributed by atoms with Gasteiger partial charge in [0.1, 0.15) is 17.6 Å². The highest BCUT2D eigenvalue weighted by molar-refractivity contribution is 6.00. The van der Waals surface area contributed by atoms with E-state index in [4.69, 9.17) is 14.2 Å². The Hall–Kier alpha value is -6.19. The predicted octanol–water partition coefficient (Wildman–Crippen LogP) is 8.28. The van der Waals surface area contributed by atoms with Gasteiger partial charge >= 0.3 is 5.97 Å². The summed E-state index contributed by atoms with van der Waals surface area (Å²) < 4.78 is 17.5. The van der Waals surface area contributed by atoms with Crippen LogP contribution in [0.2, 0.25) is 0 Å². The number of aliphatic hydroxyl groups is 1. The zero-order valence-corrected chi connectivity index (χ0v) is 32.1. The molecule has 0 saturated carbocycles. The van der Waals surface area contributed by atoms with Crippen LogP contribution in [0.15, 0.2) is 134 Å². The lowest BCUT2D eigenvalue weighted by Crippen LogP contribution is -2.53. The topological polar surface area (TPSA) is 106 Å². The van der Waals surface area contributed by atoms with Crippen LogP contribution < -0.4 is 14.4 Å². The van der Waals surface area contributed by atoms with Crippen LogP contribution in [0.5, 0.6) is 11.5 Å². The summed E-state index contributed by atoms with van der Waals surface area (Å²) in [5.41, 5.74) is 6.48. The van der Waals surface area contributed by atoms with Crippen LogP contribution in [-0.2, 0) is 27.3 Å². The smallest absolute Gasteiger partial charge is 0.302 e. The summed E-state index contributed by atoms with van der Waals surface area (Å²) in [6.45, 7) is 7.70. The number of carbonyl (C=O) groups excluding carboxylic acids is 3. The van der Waals surface area contributed by atoms with E-state index in [1.807, 2.05) is 97.9 Å². The number of anilines is 1. The molecule has 0 fully saturated rings. The van der Waals surface area contributed by atoms with Gasteiger partial charge < -0.3 is 29.1 Å². The highest BCUT2D eigenvalue weighted by Gasteiger charge is 2.50. The Labute approximate surface area is 328 Å². The Balaban J connectivity index is 1.52. The minimum absolute atomic E-state index is 0.0310. The maximum Gasteiger partial charge on any atom is 0.302 e. The molecule has 0 bridgehead atoms. The third-order valence-electron chi connectivity index (χ3n) is 9.96. The molecule has 0 spiro atoms. The van der Waals surface area contributed by atoms with Gasteiger partial charge in [-0.2, -0.15) is 0 Å². The van der Waals surface area contributed by atoms with Crippen LogP contribution in [0.1, 0.15) is 58.4 Å². The standard InChI is InChI=1S/C47H48N2O7/c1-5-10-43(56-33(3)51)46-45(41-30-40(55-28-9-27-50)25-26-42(41)49(46)44(52)29-34-17-23-39(54-4)24-18-34)48(47(53)38-19-13-32(2)14-20-38)31-35-15-21-37(22-16-35)36-11-7-6-8-12-36/h5-8,11-26,30,43,45-46,50H,1,9-10,27-29,31H2,2-4H3/t43?,45-,46+/m0/s1. The van der Waals surface area contributed by atoms with Crippen LogP contribution in [-0.4, -0.2) is 60.3 Å². The van der Waals surface area contributed by atoms with Crippen molar-refractivity contribution in [3.63, 3.8) is 0 Å². The van der Waals surface area contributed by atoms with Crippen molar-refractivity contribution in [1.29, 1.82) is 0 Å². The van der Waals surface area contributed by atoms with Crippen molar-refractivity contribution < 1.29 is 33.7 Å². The number of aryl methyl sites for hydroxylation is 1. The zero-order chi connectivity index (χ0) is 39.6. The SMILES string of the molecule is C=CCC(OC(C)=O)[C@@H]1[C@@H](N(Cc2ccc(-c3ccccc3)cc2)C(=O)c2ccc(C)cc2)c2cc(OCCCO)ccc2N1C(=O)Cc1ccc(OC)cc1. The maximum atomic E-state index is 15.0. The fourth-order valence-corrected chi connectivity index (χ4v) is 7.27. The summed E-state index contributed by atoms with van der Waals surface area (Å²) in [6.07, 6.45) is 1.49. The molecule has 0 aromatic heterocycles. The molecule has 2 amide bonds. The molecule has 0 saturated heterocycles. The first-order valence-corrected chi connectivity index (χ1v) is 18.8. The number of rotatable bonds is 16. The lowest BCUT2D eigenvalue weighted by Gasteiger charge is -2.39. The highest BCUT2D eigenvalue weighted by Crippen LogP contribution is 2.48. The van der Waals surface area contributed by atoms with Crippen molar-refractivity contribution in [1.82, 2.24) is 4.90 Å². The Bertz CT molecular complexity index is 2120. The third kappa shape index (κ3) is 9.18. The van der Waals surface area contributed by atoms with Gasteiger partial charge in [-0.15, -0.1) is 6.58 Å². The summed E-state index contributed by atoms with van der Waals surface area (Å²) in [6, 6.07) is 36.7. The van der Waals surface area contributed by atoms with Crippen molar-refractivity contribution in [3.8, 4) is 22.6 Å². The van der Waals surface area contributed by atoms with Gasteiger partial charge in [-0.05, 0) is 71.6 Å². The molecule has 5 aromatic rings. The molecule has 0 aliphatic carbocycles. The van der Waals surface area contributed by atoms with Crippen LogP contribution in [0, 0.1) is 6.92 Å². The van der Waals surface area contributed by atoms with Crippen LogP contribution >= 0.6 is 0 Å². The van der Waals surface area contributed by atoms with E-state index in [2.05, 4.69) is 18.7 Å². The van der Waals surface area contributed by atoms with E-state index in [0.717, 1.165) is 27.8 Å². The third-order valence-corrected chi connectivity index (χ3v) is 9.96. The molecule has 6 rings (SSSR count).